The van der Waals surface area contributed by atoms with E-state index in [0.29, 0.717) is 37.5 Å². The van der Waals surface area contributed by atoms with Gasteiger partial charge in [-0.2, -0.15) is 13.2 Å². The maximum Gasteiger partial charge on any atom is 0.416 e. The Labute approximate surface area is 253 Å². The van der Waals surface area contributed by atoms with Gasteiger partial charge in [-0.05, 0) is 50.2 Å². The molecular formula is C32H34F4N4O4. The summed E-state index contributed by atoms with van der Waals surface area (Å²) in [4.78, 5) is 23.4. The van der Waals surface area contributed by atoms with Crippen LogP contribution in [0.2, 0.25) is 0 Å². The molecule has 0 saturated carbocycles. The summed E-state index contributed by atoms with van der Waals surface area (Å²) in [5.41, 5.74) is 0.487. The SMILES string of the molecule is COc1cccc(N2CCN(C3=Nc4c(F)cccc4C(CC(=O)OC(C)C)N3c3cc(C(F)(F)F)ccc3OC)CC2)c1. The number of anilines is 2. The summed E-state index contributed by atoms with van der Waals surface area (Å²) in [6.07, 6.45) is -5.34. The van der Waals surface area contributed by atoms with Gasteiger partial charge in [-0.15, -0.1) is 0 Å². The molecule has 0 N–H and O–H groups in total. The van der Waals surface area contributed by atoms with Crippen molar-refractivity contribution in [2.24, 2.45) is 4.99 Å². The van der Waals surface area contributed by atoms with Gasteiger partial charge in [-0.3, -0.25) is 4.79 Å². The number of methoxy groups -OCH3 is 2. The van der Waals surface area contributed by atoms with Gasteiger partial charge in [0.05, 0.1) is 44.0 Å². The molecule has 0 aromatic heterocycles. The first-order chi connectivity index (χ1) is 21.0. The number of rotatable bonds is 7. The van der Waals surface area contributed by atoms with Gasteiger partial charge in [-0.1, -0.05) is 18.2 Å². The van der Waals surface area contributed by atoms with Gasteiger partial charge >= 0.3 is 12.1 Å². The van der Waals surface area contributed by atoms with Gasteiger partial charge in [-0.25, -0.2) is 9.38 Å². The topological polar surface area (TPSA) is 66.8 Å². The van der Waals surface area contributed by atoms with Crippen LogP contribution >= 0.6 is 0 Å². The van der Waals surface area contributed by atoms with Crippen molar-refractivity contribution in [1.29, 1.82) is 0 Å². The van der Waals surface area contributed by atoms with E-state index in [-0.39, 0.29) is 29.5 Å². The molecule has 8 nitrogen and oxygen atoms in total. The maximum atomic E-state index is 15.3. The molecule has 0 amide bonds. The van der Waals surface area contributed by atoms with E-state index >= 15 is 4.39 Å². The number of halogens is 4. The van der Waals surface area contributed by atoms with Crippen LogP contribution in [0.4, 0.5) is 34.6 Å². The van der Waals surface area contributed by atoms with E-state index < -0.39 is 35.7 Å². The van der Waals surface area contributed by atoms with Gasteiger partial charge < -0.3 is 28.9 Å². The minimum atomic E-state index is -4.65. The highest BCUT2D eigenvalue weighted by molar-refractivity contribution is 6.02. The number of para-hydroxylation sites is 1. The number of carbonyl (C=O) groups is 1. The molecule has 44 heavy (non-hydrogen) atoms. The lowest BCUT2D eigenvalue weighted by Gasteiger charge is -2.45. The summed E-state index contributed by atoms with van der Waals surface area (Å²) in [6.45, 7) is 5.33. The number of alkyl halides is 3. The molecular weight excluding hydrogens is 580 g/mol. The zero-order valence-electron chi connectivity index (χ0n) is 24.9. The quantitative estimate of drug-likeness (QED) is 0.220. The fourth-order valence-corrected chi connectivity index (χ4v) is 5.55. The lowest BCUT2D eigenvalue weighted by atomic mass is 9.96. The van der Waals surface area contributed by atoms with Gasteiger partial charge in [0.2, 0.25) is 5.96 Å². The van der Waals surface area contributed by atoms with Gasteiger partial charge in [0.1, 0.15) is 23.0 Å². The summed E-state index contributed by atoms with van der Waals surface area (Å²) in [7, 11) is 2.95. The second-order valence-electron chi connectivity index (χ2n) is 10.8. The number of esters is 1. The Balaban J connectivity index is 1.61. The van der Waals surface area contributed by atoms with Crippen molar-refractivity contribution in [3.8, 4) is 11.5 Å². The van der Waals surface area contributed by atoms with E-state index in [4.69, 9.17) is 19.2 Å². The molecule has 1 saturated heterocycles. The summed E-state index contributed by atoms with van der Waals surface area (Å²) >= 11 is 0. The number of ether oxygens (including phenoxy) is 3. The van der Waals surface area contributed by atoms with Crippen LogP contribution in [-0.2, 0) is 15.7 Å². The van der Waals surface area contributed by atoms with Crippen molar-refractivity contribution in [3.05, 3.63) is 77.6 Å². The van der Waals surface area contributed by atoms with E-state index in [1.54, 1.807) is 31.9 Å². The fraction of sp³-hybridized carbons (Fsp3) is 0.375. The van der Waals surface area contributed by atoms with E-state index in [2.05, 4.69) is 4.90 Å². The fourth-order valence-electron chi connectivity index (χ4n) is 5.55. The van der Waals surface area contributed by atoms with Crippen LogP contribution in [-0.4, -0.2) is 63.3 Å². The van der Waals surface area contributed by atoms with Crippen molar-refractivity contribution in [2.45, 2.75) is 38.6 Å². The second kappa shape index (κ2) is 12.6. The molecule has 2 heterocycles. The van der Waals surface area contributed by atoms with E-state index in [1.165, 1.54) is 25.3 Å². The molecule has 2 aliphatic rings. The molecule has 0 radical (unpaired) electrons. The van der Waals surface area contributed by atoms with E-state index in [9.17, 15) is 18.0 Å². The van der Waals surface area contributed by atoms with Crippen molar-refractivity contribution in [1.82, 2.24) is 4.90 Å². The second-order valence-corrected chi connectivity index (χ2v) is 10.8. The molecule has 1 fully saturated rings. The largest absolute Gasteiger partial charge is 0.497 e. The highest BCUT2D eigenvalue weighted by atomic mass is 19.4. The van der Waals surface area contributed by atoms with Gasteiger partial charge in [0, 0.05) is 43.5 Å². The first-order valence-electron chi connectivity index (χ1n) is 14.2. The third kappa shape index (κ3) is 6.39. The van der Waals surface area contributed by atoms with Crippen LogP contribution in [0.3, 0.4) is 0 Å². The number of hydrogen-bond donors (Lipinski definition) is 0. The van der Waals surface area contributed by atoms with Crippen molar-refractivity contribution in [2.75, 3.05) is 50.2 Å². The molecule has 1 atom stereocenters. The Morgan fingerprint density at radius 2 is 1.66 bits per heavy atom. The Bertz CT molecular complexity index is 1540. The Morgan fingerprint density at radius 3 is 2.32 bits per heavy atom. The van der Waals surface area contributed by atoms with Crippen molar-refractivity contribution >= 4 is 29.0 Å². The zero-order chi connectivity index (χ0) is 31.6. The Kier molecular flexibility index (Phi) is 8.89. The molecule has 3 aromatic rings. The molecule has 12 heteroatoms. The number of carbonyl (C=O) groups excluding carboxylic acids is 1. The first-order valence-corrected chi connectivity index (χ1v) is 14.2. The predicted molar refractivity (Wildman–Crippen MR) is 159 cm³/mol. The van der Waals surface area contributed by atoms with Crippen molar-refractivity contribution in [3.63, 3.8) is 0 Å². The molecule has 234 valence electrons. The minimum Gasteiger partial charge on any atom is -0.497 e. The first kappa shape index (κ1) is 31.0. The predicted octanol–water partition coefficient (Wildman–Crippen LogP) is 6.57. The van der Waals surface area contributed by atoms with Gasteiger partial charge in [0.15, 0.2) is 0 Å². The van der Waals surface area contributed by atoms with Crippen LogP contribution in [0.15, 0.2) is 65.7 Å². The number of guanidine groups is 1. The Hall–Kier alpha value is -4.48. The number of benzene rings is 3. The molecule has 0 bridgehead atoms. The molecule has 1 unspecified atom stereocenters. The van der Waals surface area contributed by atoms with Crippen LogP contribution in [0.1, 0.15) is 37.4 Å². The minimum absolute atomic E-state index is 0.0299. The highest BCUT2D eigenvalue weighted by Gasteiger charge is 2.40. The average Bonchev–Trinajstić information content (AvgIpc) is 3.00. The number of piperazine rings is 1. The smallest absolute Gasteiger partial charge is 0.416 e. The number of hydrogen-bond acceptors (Lipinski definition) is 8. The summed E-state index contributed by atoms with van der Waals surface area (Å²) < 4.78 is 73.6. The van der Waals surface area contributed by atoms with Crippen molar-refractivity contribution < 1.29 is 36.6 Å². The lowest BCUT2D eigenvalue weighted by molar-refractivity contribution is -0.147. The van der Waals surface area contributed by atoms with E-state index in [1.807, 2.05) is 29.2 Å². The normalized spacial score (nSPS) is 16.9. The standard InChI is InChI=1S/C32H34F4N4O4/c1-20(2)44-29(41)19-26-24-9-6-10-25(33)30(24)37-31(40(26)27-17-21(32(34,35)36)11-12-28(27)43-4)39-15-13-38(14-16-39)22-7-5-8-23(18-22)42-3/h5-12,17-18,20,26H,13-16,19H2,1-4H3. The molecule has 5 rings (SSSR count). The van der Waals surface area contributed by atoms with Crippen LogP contribution in [0, 0.1) is 5.82 Å². The Morgan fingerprint density at radius 1 is 0.955 bits per heavy atom. The average molecular weight is 615 g/mol. The molecule has 3 aromatic carbocycles. The van der Waals surface area contributed by atoms with Gasteiger partial charge in [0.25, 0.3) is 0 Å². The summed E-state index contributed by atoms with van der Waals surface area (Å²) in [5, 5.41) is 0. The summed E-state index contributed by atoms with van der Waals surface area (Å²) in [6, 6.07) is 14.2. The maximum absolute atomic E-state index is 15.3. The van der Waals surface area contributed by atoms with Crippen LogP contribution in [0.5, 0.6) is 11.5 Å². The third-order valence-corrected chi connectivity index (χ3v) is 7.59. The molecule has 0 aliphatic carbocycles. The summed E-state index contributed by atoms with van der Waals surface area (Å²) in [5.74, 6) is -0.114. The zero-order valence-corrected chi connectivity index (χ0v) is 24.9. The molecule has 2 aliphatic heterocycles. The number of nitrogens with zero attached hydrogens (tertiary/aromatic N) is 4. The van der Waals surface area contributed by atoms with Crippen LogP contribution in [0.25, 0.3) is 0 Å². The molecule has 0 spiro atoms. The third-order valence-electron chi connectivity index (χ3n) is 7.59. The van der Waals surface area contributed by atoms with E-state index in [0.717, 1.165) is 17.8 Å². The number of fused-ring (bicyclic) bond motifs is 1. The highest BCUT2D eigenvalue weighted by Crippen LogP contribution is 2.46. The monoisotopic (exact) mass is 614 g/mol. The number of aliphatic imine (C=N–C) groups is 1. The van der Waals surface area contributed by atoms with Crippen LogP contribution < -0.4 is 19.3 Å². The lowest BCUT2D eigenvalue weighted by Crippen LogP contribution is -2.55.